The highest BCUT2D eigenvalue weighted by Gasteiger charge is 2.09. The van der Waals surface area contributed by atoms with E-state index in [1.165, 1.54) is 6.07 Å². The van der Waals surface area contributed by atoms with Gasteiger partial charge < -0.3 is 20.1 Å². The molecule has 21 heavy (non-hydrogen) atoms. The third kappa shape index (κ3) is 7.79. The smallest absolute Gasteiger partial charge is 0.387 e. The van der Waals surface area contributed by atoms with Crippen LogP contribution in [0.4, 0.5) is 14.5 Å². The van der Waals surface area contributed by atoms with E-state index in [2.05, 4.69) is 15.4 Å². The molecule has 0 heterocycles. The molecule has 0 fully saturated rings. The van der Waals surface area contributed by atoms with E-state index in [1.807, 2.05) is 0 Å². The Bertz CT molecular complexity index is 447. The number of anilines is 1. The molecule has 0 saturated carbocycles. The highest BCUT2D eigenvalue weighted by atomic mass is 35.5. The number of alkyl halides is 2. The van der Waals surface area contributed by atoms with Gasteiger partial charge in [0.2, 0.25) is 5.91 Å². The summed E-state index contributed by atoms with van der Waals surface area (Å²) < 4.78 is 33.6. The number of amides is 1. The second-order valence-corrected chi connectivity index (χ2v) is 4.08. The number of aryl methyl sites for hydroxylation is 1. The molecule has 0 atom stereocenters. The summed E-state index contributed by atoms with van der Waals surface area (Å²) in [5.74, 6) is -0.224. The number of carbonyl (C=O) groups excluding carboxylic acids is 1. The predicted octanol–water partition coefficient (Wildman–Crippen LogP) is 2.19. The van der Waals surface area contributed by atoms with Crippen molar-refractivity contribution in [2.75, 3.05) is 32.1 Å². The molecule has 2 N–H and O–H groups in total. The van der Waals surface area contributed by atoms with Crippen molar-refractivity contribution in [3.63, 3.8) is 0 Å². The lowest BCUT2D eigenvalue weighted by Crippen LogP contribution is -2.30. The van der Waals surface area contributed by atoms with E-state index in [1.54, 1.807) is 26.2 Å². The summed E-state index contributed by atoms with van der Waals surface area (Å²) >= 11 is 0. The van der Waals surface area contributed by atoms with Gasteiger partial charge in [-0.1, -0.05) is 6.07 Å². The highest BCUT2D eigenvalue weighted by molar-refractivity contribution is 5.92. The Hall–Kier alpha value is -1.44. The third-order valence-corrected chi connectivity index (χ3v) is 2.46. The lowest BCUT2D eigenvalue weighted by Gasteiger charge is -2.11. The zero-order valence-electron chi connectivity index (χ0n) is 11.8. The van der Waals surface area contributed by atoms with E-state index >= 15 is 0 Å². The van der Waals surface area contributed by atoms with Crippen LogP contribution in [0.1, 0.15) is 5.56 Å². The van der Waals surface area contributed by atoms with Crippen molar-refractivity contribution in [2.24, 2.45) is 0 Å². The monoisotopic (exact) mass is 324 g/mol. The number of benzene rings is 1. The van der Waals surface area contributed by atoms with Gasteiger partial charge in [0, 0.05) is 25.4 Å². The first-order chi connectivity index (χ1) is 9.52. The van der Waals surface area contributed by atoms with Gasteiger partial charge in [-0.15, -0.1) is 12.4 Å². The summed E-state index contributed by atoms with van der Waals surface area (Å²) in [5.41, 5.74) is 0.978. The lowest BCUT2D eigenvalue weighted by molar-refractivity contribution is -0.115. The van der Waals surface area contributed by atoms with Crippen LogP contribution < -0.4 is 15.4 Å². The first-order valence-electron chi connectivity index (χ1n) is 6.08. The molecule has 0 aromatic heterocycles. The zero-order chi connectivity index (χ0) is 15.0. The number of ether oxygens (including phenoxy) is 2. The summed E-state index contributed by atoms with van der Waals surface area (Å²) in [6, 6.07) is 4.60. The summed E-state index contributed by atoms with van der Waals surface area (Å²) in [6.45, 7) is -0.0741. The minimum Gasteiger partial charge on any atom is -0.434 e. The van der Waals surface area contributed by atoms with Crippen LogP contribution in [-0.2, 0) is 9.53 Å². The van der Waals surface area contributed by atoms with Gasteiger partial charge in [-0.3, -0.25) is 4.79 Å². The molecular weight excluding hydrogens is 306 g/mol. The fraction of sp³-hybridized carbons (Fsp3) is 0.462. The largest absolute Gasteiger partial charge is 0.434 e. The summed E-state index contributed by atoms with van der Waals surface area (Å²) in [4.78, 5) is 11.6. The average molecular weight is 325 g/mol. The van der Waals surface area contributed by atoms with Crippen molar-refractivity contribution in [1.29, 1.82) is 0 Å². The first-order valence-corrected chi connectivity index (χ1v) is 6.08. The summed E-state index contributed by atoms with van der Waals surface area (Å²) in [5, 5.41) is 5.47. The van der Waals surface area contributed by atoms with E-state index in [9.17, 15) is 13.6 Å². The number of hydrogen-bond acceptors (Lipinski definition) is 4. The molecule has 1 rings (SSSR count). The average Bonchev–Trinajstić information content (AvgIpc) is 2.38. The van der Waals surface area contributed by atoms with Crippen LogP contribution in [0.25, 0.3) is 0 Å². The van der Waals surface area contributed by atoms with Gasteiger partial charge in [0.1, 0.15) is 5.75 Å². The number of halogens is 3. The van der Waals surface area contributed by atoms with Gasteiger partial charge in [-0.05, 0) is 18.6 Å². The molecule has 0 aliphatic rings. The number of hydrogen-bond donors (Lipinski definition) is 2. The Balaban J connectivity index is 0.00000400. The van der Waals surface area contributed by atoms with Gasteiger partial charge in [0.15, 0.2) is 0 Å². The van der Waals surface area contributed by atoms with Gasteiger partial charge in [0.25, 0.3) is 0 Å². The summed E-state index contributed by atoms with van der Waals surface area (Å²) in [7, 11) is 1.57. The molecule has 0 aliphatic heterocycles. The molecule has 0 radical (unpaired) electrons. The fourth-order valence-corrected chi connectivity index (χ4v) is 1.48. The maximum Gasteiger partial charge on any atom is 0.387 e. The van der Waals surface area contributed by atoms with E-state index in [-0.39, 0.29) is 30.6 Å². The Labute approximate surface area is 128 Å². The quantitative estimate of drug-likeness (QED) is 0.720. The number of methoxy groups -OCH3 is 1. The van der Waals surface area contributed by atoms with Crippen molar-refractivity contribution < 1.29 is 23.0 Å². The van der Waals surface area contributed by atoms with Crippen molar-refractivity contribution >= 4 is 24.0 Å². The van der Waals surface area contributed by atoms with Crippen LogP contribution >= 0.6 is 12.4 Å². The number of rotatable bonds is 8. The lowest BCUT2D eigenvalue weighted by atomic mass is 10.2. The SMILES string of the molecule is COCCNCC(=O)Nc1ccc(C)c(OC(F)F)c1.Cl. The summed E-state index contributed by atoms with van der Waals surface area (Å²) in [6.07, 6.45) is 0. The van der Waals surface area contributed by atoms with Crippen LogP contribution in [0.15, 0.2) is 18.2 Å². The van der Waals surface area contributed by atoms with Crippen LogP contribution in [0, 0.1) is 6.92 Å². The topological polar surface area (TPSA) is 59.6 Å². The number of nitrogens with one attached hydrogen (secondary N) is 2. The van der Waals surface area contributed by atoms with Gasteiger partial charge in [-0.2, -0.15) is 8.78 Å². The van der Waals surface area contributed by atoms with E-state index < -0.39 is 6.61 Å². The molecule has 0 spiro atoms. The number of carbonyl (C=O) groups is 1. The minimum atomic E-state index is -2.89. The molecule has 0 bridgehead atoms. The normalized spacial score (nSPS) is 10.1. The Morgan fingerprint density at radius 3 is 2.71 bits per heavy atom. The van der Waals surface area contributed by atoms with Crippen molar-refractivity contribution in [1.82, 2.24) is 5.32 Å². The highest BCUT2D eigenvalue weighted by Crippen LogP contribution is 2.24. The van der Waals surface area contributed by atoms with Crippen molar-refractivity contribution in [3.8, 4) is 5.75 Å². The minimum absolute atomic E-state index is 0. The van der Waals surface area contributed by atoms with Crippen molar-refractivity contribution in [3.05, 3.63) is 23.8 Å². The first kappa shape index (κ1) is 19.6. The second kappa shape index (κ2) is 10.3. The molecule has 1 aromatic carbocycles. The second-order valence-electron chi connectivity index (χ2n) is 4.08. The fourth-order valence-electron chi connectivity index (χ4n) is 1.48. The van der Waals surface area contributed by atoms with Gasteiger partial charge >= 0.3 is 6.61 Å². The third-order valence-electron chi connectivity index (χ3n) is 2.46. The van der Waals surface area contributed by atoms with Crippen LogP contribution in [-0.4, -0.2) is 39.3 Å². The van der Waals surface area contributed by atoms with Crippen molar-refractivity contribution in [2.45, 2.75) is 13.5 Å². The molecule has 5 nitrogen and oxygen atoms in total. The molecule has 8 heteroatoms. The molecule has 1 amide bonds. The maximum atomic E-state index is 12.2. The Morgan fingerprint density at radius 1 is 1.38 bits per heavy atom. The van der Waals surface area contributed by atoms with Crippen LogP contribution in [0.5, 0.6) is 5.75 Å². The standard InChI is InChI=1S/C13H18F2N2O3.ClH/c1-9-3-4-10(7-11(9)20-13(14)15)17-12(18)8-16-5-6-19-2;/h3-4,7,13,16H,5-6,8H2,1-2H3,(H,17,18);1H. The molecule has 120 valence electrons. The molecule has 0 aliphatic carbocycles. The van der Waals surface area contributed by atoms with Crippen LogP contribution in [0.3, 0.4) is 0 Å². The van der Waals surface area contributed by atoms with Gasteiger partial charge in [-0.25, -0.2) is 0 Å². The van der Waals surface area contributed by atoms with E-state index in [4.69, 9.17) is 4.74 Å². The van der Waals surface area contributed by atoms with E-state index in [0.29, 0.717) is 24.4 Å². The molecular formula is C13H19ClF2N2O3. The predicted molar refractivity (Wildman–Crippen MR) is 78.4 cm³/mol. The maximum absolute atomic E-state index is 12.2. The Morgan fingerprint density at radius 2 is 2.10 bits per heavy atom. The molecule has 0 saturated heterocycles. The van der Waals surface area contributed by atoms with Crippen LogP contribution in [0.2, 0.25) is 0 Å². The van der Waals surface area contributed by atoms with Gasteiger partial charge in [0.05, 0.1) is 13.2 Å². The zero-order valence-corrected chi connectivity index (χ0v) is 12.6. The molecule has 0 unspecified atom stereocenters. The Kier molecular flexibility index (Phi) is 9.60. The van der Waals surface area contributed by atoms with E-state index in [0.717, 1.165) is 0 Å². The molecule has 1 aromatic rings.